The van der Waals surface area contributed by atoms with Gasteiger partial charge in [-0.05, 0) is 36.6 Å². The Labute approximate surface area is 159 Å². The maximum Gasteiger partial charge on any atom is 0.410 e. The number of benzene rings is 2. The normalized spacial score (nSPS) is 16.3. The Kier molecular flexibility index (Phi) is 5.78. The molecule has 2 aromatic rings. The number of halogens is 1. The second-order valence-corrected chi connectivity index (χ2v) is 6.96. The molecule has 3 rings (SSSR count). The first-order chi connectivity index (χ1) is 12.5. The summed E-state index contributed by atoms with van der Waals surface area (Å²) in [6.07, 6.45) is 0.772. The van der Waals surface area contributed by atoms with Crippen LogP contribution in [-0.4, -0.2) is 34.6 Å². The average Bonchev–Trinajstić information content (AvgIpc) is 3.13. The number of aromatic hydroxyl groups is 1. The first kappa shape index (κ1) is 18.3. The molecule has 7 heteroatoms. The van der Waals surface area contributed by atoms with Crippen LogP contribution in [0.2, 0.25) is 0 Å². The molecule has 2 amide bonds. The Morgan fingerprint density at radius 3 is 2.77 bits per heavy atom. The first-order valence-corrected chi connectivity index (χ1v) is 9.10. The first-order valence-electron chi connectivity index (χ1n) is 8.31. The van der Waals surface area contributed by atoms with Crippen LogP contribution in [0, 0.1) is 0 Å². The molecule has 0 aromatic heterocycles. The zero-order valence-corrected chi connectivity index (χ0v) is 15.6. The molecule has 1 unspecified atom stereocenters. The number of hydrogen-bond acceptors (Lipinski definition) is 4. The van der Waals surface area contributed by atoms with Gasteiger partial charge in [0.25, 0.3) is 0 Å². The second-order valence-electron chi connectivity index (χ2n) is 6.04. The Balaban J connectivity index is 1.62. The van der Waals surface area contributed by atoms with E-state index in [1.54, 1.807) is 12.1 Å². The average molecular weight is 419 g/mol. The Bertz CT molecular complexity index is 797. The summed E-state index contributed by atoms with van der Waals surface area (Å²) in [7, 11) is 0. The minimum absolute atomic E-state index is 0.0299. The molecule has 1 aliphatic heterocycles. The van der Waals surface area contributed by atoms with Crippen molar-refractivity contribution in [3.63, 3.8) is 0 Å². The summed E-state index contributed by atoms with van der Waals surface area (Å²) in [5.74, 6) is -0.370. The van der Waals surface area contributed by atoms with E-state index in [4.69, 9.17) is 4.74 Å². The number of likely N-dealkylation sites (tertiary alicyclic amines) is 1. The highest BCUT2D eigenvalue weighted by atomic mass is 79.9. The van der Waals surface area contributed by atoms with E-state index in [2.05, 4.69) is 21.2 Å². The summed E-state index contributed by atoms with van der Waals surface area (Å²) in [5, 5.41) is 12.6. The lowest BCUT2D eigenvalue weighted by Gasteiger charge is -2.23. The number of phenols is 1. The molecule has 0 aliphatic carbocycles. The van der Waals surface area contributed by atoms with Crippen molar-refractivity contribution in [3.8, 4) is 5.75 Å². The quantitative estimate of drug-likeness (QED) is 0.737. The molecule has 1 aliphatic rings. The molecule has 6 nitrogen and oxygen atoms in total. The summed E-state index contributed by atoms with van der Waals surface area (Å²) in [5.41, 5.74) is 1.19. The number of hydrogen-bond donors (Lipinski definition) is 2. The molecule has 1 atom stereocenters. The topological polar surface area (TPSA) is 78.9 Å². The minimum Gasteiger partial charge on any atom is -0.506 e. The van der Waals surface area contributed by atoms with E-state index in [9.17, 15) is 14.7 Å². The van der Waals surface area contributed by atoms with Gasteiger partial charge < -0.3 is 15.2 Å². The predicted octanol–water partition coefficient (Wildman–Crippen LogP) is 3.89. The van der Waals surface area contributed by atoms with Crippen molar-refractivity contribution in [2.75, 3.05) is 11.9 Å². The highest BCUT2D eigenvalue weighted by Gasteiger charge is 2.35. The Morgan fingerprint density at radius 1 is 1.23 bits per heavy atom. The van der Waals surface area contributed by atoms with Crippen LogP contribution < -0.4 is 5.32 Å². The number of ether oxygens (including phenoxy) is 1. The van der Waals surface area contributed by atoms with E-state index in [-0.39, 0.29) is 18.3 Å². The molecule has 0 bridgehead atoms. The molecule has 0 saturated carbocycles. The lowest BCUT2D eigenvalue weighted by Crippen LogP contribution is -2.43. The fourth-order valence-electron chi connectivity index (χ4n) is 2.88. The largest absolute Gasteiger partial charge is 0.506 e. The van der Waals surface area contributed by atoms with Gasteiger partial charge in [-0.15, -0.1) is 0 Å². The predicted molar refractivity (Wildman–Crippen MR) is 101 cm³/mol. The lowest BCUT2D eigenvalue weighted by atomic mass is 10.2. The number of carbonyl (C=O) groups excluding carboxylic acids is 2. The number of carbonyl (C=O) groups is 2. The molecule has 2 aromatic carbocycles. The number of nitrogens with one attached hydrogen (secondary N) is 1. The summed E-state index contributed by atoms with van der Waals surface area (Å²) in [4.78, 5) is 26.4. The van der Waals surface area contributed by atoms with E-state index in [1.807, 2.05) is 30.3 Å². The number of rotatable bonds is 4. The van der Waals surface area contributed by atoms with Gasteiger partial charge in [-0.3, -0.25) is 9.69 Å². The molecular formula is C19H19BrN2O4. The molecule has 1 saturated heterocycles. The van der Waals surface area contributed by atoms with Crippen LogP contribution >= 0.6 is 15.9 Å². The zero-order chi connectivity index (χ0) is 18.5. The van der Waals surface area contributed by atoms with Crippen molar-refractivity contribution < 1.29 is 19.4 Å². The van der Waals surface area contributed by atoms with E-state index >= 15 is 0 Å². The van der Waals surface area contributed by atoms with Gasteiger partial charge >= 0.3 is 6.09 Å². The van der Waals surface area contributed by atoms with Crippen LogP contribution in [0.15, 0.2) is 53.0 Å². The molecule has 1 heterocycles. The number of phenolic OH excluding ortho intramolecular Hbond substituents is 1. The van der Waals surface area contributed by atoms with Crippen LogP contribution in [0.25, 0.3) is 0 Å². The summed E-state index contributed by atoms with van der Waals surface area (Å²) in [6.45, 7) is 0.632. The van der Waals surface area contributed by atoms with E-state index in [0.717, 1.165) is 16.5 Å². The van der Waals surface area contributed by atoms with E-state index in [0.29, 0.717) is 18.7 Å². The Hall–Kier alpha value is -2.54. The maximum absolute atomic E-state index is 12.6. The number of nitrogens with zero attached hydrogens (tertiary/aromatic N) is 1. The van der Waals surface area contributed by atoms with Crippen LogP contribution in [0.1, 0.15) is 18.4 Å². The minimum atomic E-state index is -0.614. The second kappa shape index (κ2) is 8.23. The smallest absolute Gasteiger partial charge is 0.410 e. The molecular weight excluding hydrogens is 400 g/mol. The molecule has 26 heavy (non-hydrogen) atoms. The number of anilines is 1. The molecule has 2 N–H and O–H groups in total. The monoisotopic (exact) mass is 418 g/mol. The highest BCUT2D eigenvalue weighted by molar-refractivity contribution is 9.10. The standard InChI is InChI=1S/C19H19BrN2O4/c20-14-8-9-17(23)15(11-14)21-18(24)16-7-4-10-22(16)19(25)26-12-13-5-2-1-3-6-13/h1-3,5-6,8-9,11,16,23H,4,7,10,12H2,(H,21,24). The highest BCUT2D eigenvalue weighted by Crippen LogP contribution is 2.28. The van der Waals surface area contributed by atoms with Crippen molar-refractivity contribution in [2.24, 2.45) is 0 Å². The van der Waals surface area contributed by atoms with Crippen LogP contribution in [0.4, 0.5) is 10.5 Å². The van der Waals surface area contributed by atoms with Crippen molar-refractivity contribution >= 4 is 33.6 Å². The van der Waals surface area contributed by atoms with Crippen molar-refractivity contribution in [2.45, 2.75) is 25.5 Å². The van der Waals surface area contributed by atoms with Crippen molar-refractivity contribution in [1.82, 2.24) is 4.90 Å². The number of amides is 2. The van der Waals surface area contributed by atoms with Gasteiger partial charge in [0.1, 0.15) is 18.4 Å². The van der Waals surface area contributed by atoms with E-state index < -0.39 is 12.1 Å². The zero-order valence-electron chi connectivity index (χ0n) is 14.0. The van der Waals surface area contributed by atoms with Gasteiger partial charge in [-0.1, -0.05) is 46.3 Å². The third-order valence-corrected chi connectivity index (χ3v) is 4.70. The van der Waals surface area contributed by atoms with E-state index in [1.165, 1.54) is 11.0 Å². The van der Waals surface area contributed by atoms with Gasteiger partial charge in [0.05, 0.1) is 5.69 Å². The molecule has 0 radical (unpaired) electrons. The molecule has 1 fully saturated rings. The fraction of sp³-hybridized carbons (Fsp3) is 0.263. The summed E-state index contributed by atoms with van der Waals surface area (Å²) < 4.78 is 6.07. The Morgan fingerprint density at radius 2 is 2.00 bits per heavy atom. The lowest BCUT2D eigenvalue weighted by molar-refractivity contribution is -0.120. The maximum atomic E-state index is 12.6. The SMILES string of the molecule is O=C(Nc1cc(Br)ccc1O)C1CCCN1C(=O)OCc1ccccc1. The van der Waals surface area contributed by atoms with Crippen molar-refractivity contribution in [3.05, 3.63) is 58.6 Å². The van der Waals surface area contributed by atoms with Crippen LogP contribution in [0.3, 0.4) is 0 Å². The van der Waals surface area contributed by atoms with Crippen molar-refractivity contribution in [1.29, 1.82) is 0 Å². The van der Waals surface area contributed by atoms with Gasteiger partial charge in [-0.25, -0.2) is 4.79 Å². The third kappa shape index (κ3) is 4.35. The van der Waals surface area contributed by atoms with Gasteiger partial charge in [0.2, 0.25) is 5.91 Å². The van der Waals surface area contributed by atoms with Gasteiger partial charge in [0, 0.05) is 11.0 Å². The van der Waals surface area contributed by atoms with Gasteiger partial charge in [0.15, 0.2) is 0 Å². The summed E-state index contributed by atoms with van der Waals surface area (Å²) in [6, 6.07) is 13.5. The molecule has 136 valence electrons. The summed E-state index contributed by atoms with van der Waals surface area (Å²) >= 11 is 3.30. The van der Waals surface area contributed by atoms with Gasteiger partial charge in [-0.2, -0.15) is 0 Å². The van der Waals surface area contributed by atoms with Crippen LogP contribution in [0.5, 0.6) is 5.75 Å². The fourth-order valence-corrected chi connectivity index (χ4v) is 3.25. The van der Waals surface area contributed by atoms with Crippen LogP contribution in [-0.2, 0) is 16.1 Å². The molecule has 0 spiro atoms. The third-order valence-electron chi connectivity index (χ3n) is 4.21.